The van der Waals surface area contributed by atoms with Gasteiger partial charge in [0.1, 0.15) is 4.21 Å². The highest BCUT2D eigenvalue weighted by molar-refractivity contribution is 7.91. The van der Waals surface area contributed by atoms with E-state index in [1.165, 1.54) is 6.07 Å². The maximum absolute atomic E-state index is 11.2. The summed E-state index contributed by atoms with van der Waals surface area (Å²) < 4.78 is 22.5. The van der Waals surface area contributed by atoms with Gasteiger partial charge < -0.3 is 10.6 Å². The van der Waals surface area contributed by atoms with Gasteiger partial charge >= 0.3 is 0 Å². The van der Waals surface area contributed by atoms with Crippen LogP contribution in [0, 0.1) is 0 Å². The van der Waals surface area contributed by atoms with Crippen molar-refractivity contribution in [2.75, 3.05) is 6.54 Å². The number of hydrogen-bond acceptors (Lipinski definition) is 4. The second-order valence-electron chi connectivity index (χ2n) is 4.26. The molecule has 0 aliphatic heterocycles. The zero-order valence-electron chi connectivity index (χ0n) is 11.3. The van der Waals surface area contributed by atoms with Gasteiger partial charge in [-0.2, -0.15) is 0 Å². The van der Waals surface area contributed by atoms with Gasteiger partial charge in [-0.25, -0.2) is 18.5 Å². The first kappa shape index (κ1) is 15.9. The van der Waals surface area contributed by atoms with Crippen molar-refractivity contribution in [3.8, 4) is 0 Å². The minimum Gasteiger partial charge on any atom is -0.357 e. The first-order valence-electron chi connectivity index (χ1n) is 5.99. The topological polar surface area (TPSA) is 96.6 Å². The first-order valence-corrected chi connectivity index (χ1v) is 8.35. The highest BCUT2D eigenvalue weighted by Crippen LogP contribution is 2.20. The van der Waals surface area contributed by atoms with Crippen molar-refractivity contribution >= 4 is 27.3 Å². The van der Waals surface area contributed by atoms with E-state index in [0.717, 1.165) is 22.8 Å². The fraction of sp³-hybridized carbons (Fsp3) is 0.545. The number of guanidine groups is 1. The molecule has 108 valence electrons. The highest BCUT2D eigenvalue weighted by atomic mass is 32.2. The van der Waals surface area contributed by atoms with Gasteiger partial charge in [0.25, 0.3) is 0 Å². The van der Waals surface area contributed by atoms with Crippen LogP contribution in [0.5, 0.6) is 0 Å². The molecule has 8 heteroatoms. The molecule has 0 aliphatic rings. The van der Waals surface area contributed by atoms with Gasteiger partial charge in [0.05, 0.1) is 6.54 Å². The largest absolute Gasteiger partial charge is 0.357 e. The lowest BCUT2D eigenvalue weighted by atomic mass is 10.4. The van der Waals surface area contributed by atoms with Crippen molar-refractivity contribution < 1.29 is 8.42 Å². The first-order chi connectivity index (χ1) is 8.82. The highest BCUT2D eigenvalue weighted by Gasteiger charge is 2.11. The Bertz CT molecular complexity index is 535. The number of aliphatic imine (C=N–C) groups is 1. The quantitative estimate of drug-likeness (QED) is 0.555. The zero-order valence-corrected chi connectivity index (χ0v) is 12.9. The van der Waals surface area contributed by atoms with Crippen LogP contribution in [0.4, 0.5) is 0 Å². The maximum atomic E-state index is 11.2. The van der Waals surface area contributed by atoms with Gasteiger partial charge in [-0.1, -0.05) is 0 Å². The van der Waals surface area contributed by atoms with Crippen molar-refractivity contribution in [1.29, 1.82) is 0 Å². The van der Waals surface area contributed by atoms with E-state index in [1.54, 1.807) is 6.07 Å². The van der Waals surface area contributed by atoms with Gasteiger partial charge in [-0.05, 0) is 32.9 Å². The summed E-state index contributed by atoms with van der Waals surface area (Å²) in [5, 5.41) is 11.4. The predicted molar refractivity (Wildman–Crippen MR) is 78.8 cm³/mol. The molecule has 0 amide bonds. The van der Waals surface area contributed by atoms with Crippen LogP contribution in [0.1, 0.15) is 25.6 Å². The number of primary sulfonamides is 1. The van der Waals surface area contributed by atoms with Gasteiger partial charge in [0.15, 0.2) is 5.96 Å². The number of thiophene rings is 1. The van der Waals surface area contributed by atoms with Crippen LogP contribution in [0.3, 0.4) is 0 Å². The van der Waals surface area contributed by atoms with Gasteiger partial charge in [-0.3, -0.25) is 0 Å². The van der Waals surface area contributed by atoms with E-state index >= 15 is 0 Å². The lowest BCUT2D eigenvalue weighted by Crippen LogP contribution is -2.40. The standard InChI is InChI=1S/C11H20N4O2S2/c1-4-13-11(15-8(2)3)14-7-9-5-6-10(18-9)19(12,16)17/h5-6,8H,4,7H2,1-3H3,(H2,12,16,17)(H2,13,14,15). The predicted octanol–water partition coefficient (Wildman–Crippen LogP) is 0.859. The Morgan fingerprint density at radius 2 is 2.16 bits per heavy atom. The molecule has 0 saturated heterocycles. The second kappa shape index (κ2) is 6.88. The Hall–Kier alpha value is -1.12. The number of nitrogens with zero attached hydrogens (tertiary/aromatic N) is 1. The average Bonchev–Trinajstić information content (AvgIpc) is 2.73. The molecule has 0 spiro atoms. The van der Waals surface area contributed by atoms with Gasteiger partial charge in [0.2, 0.25) is 10.0 Å². The maximum Gasteiger partial charge on any atom is 0.247 e. The fourth-order valence-electron chi connectivity index (χ4n) is 1.35. The molecule has 19 heavy (non-hydrogen) atoms. The summed E-state index contributed by atoms with van der Waals surface area (Å²) >= 11 is 1.14. The molecule has 1 aromatic heterocycles. The van der Waals surface area contributed by atoms with Crippen LogP contribution < -0.4 is 15.8 Å². The van der Waals surface area contributed by atoms with Crippen LogP contribution in [0.15, 0.2) is 21.3 Å². The van der Waals surface area contributed by atoms with Crippen LogP contribution in [-0.2, 0) is 16.6 Å². The smallest absolute Gasteiger partial charge is 0.247 e. The number of hydrogen-bond donors (Lipinski definition) is 3. The molecule has 0 atom stereocenters. The van der Waals surface area contributed by atoms with Crippen LogP contribution in [0.25, 0.3) is 0 Å². The Balaban J connectivity index is 2.75. The minimum absolute atomic E-state index is 0.166. The van der Waals surface area contributed by atoms with Crippen LogP contribution in [-0.4, -0.2) is 27.0 Å². The Labute approximate surface area is 118 Å². The molecule has 1 heterocycles. The van der Waals surface area contributed by atoms with E-state index < -0.39 is 10.0 Å². The Morgan fingerprint density at radius 3 is 2.63 bits per heavy atom. The fourth-order valence-corrected chi connectivity index (χ4v) is 3.05. The van der Waals surface area contributed by atoms with Gasteiger partial charge in [0, 0.05) is 17.5 Å². The molecule has 0 aliphatic carbocycles. The third-order valence-electron chi connectivity index (χ3n) is 2.08. The zero-order chi connectivity index (χ0) is 14.5. The number of nitrogens with one attached hydrogen (secondary N) is 2. The number of sulfonamides is 1. The Morgan fingerprint density at radius 1 is 1.47 bits per heavy atom. The third kappa shape index (κ3) is 5.58. The summed E-state index contributed by atoms with van der Waals surface area (Å²) in [6.45, 7) is 7.23. The summed E-state index contributed by atoms with van der Waals surface area (Å²) in [6, 6.07) is 3.52. The molecule has 1 aromatic rings. The van der Waals surface area contributed by atoms with E-state index in [4.69, 9.17) is 5.14 Å². The summed E-state index contributed by atoms with van der Waals surface area (Å²) in [5.74, 6) is 0.711. The third-order valence-corrected chi connectivity index (χ3v) is 4.59. The lowest BCUT2D eigenvalue weighted by Gasteiger charge is -2.13. The lowest BCUT2D eigenvalue weighted by molar-refractivity contribution is 0.600. The molecule has 4 N–H and O–H groups in total. The van der Waals surface area contributed by atoms with Crippen LogP contribution in [0.2, 0.25) is 0 Å². The molecule has 0 bridgehead atoms. The van der Waals surface area contributed by atoms with Crippen molar-refractivity contribution in [3.05, 3.63) is 17.0 Å². The summed E-state index contributed by atoms with van der Waals surface area (Å²) in [7, 11) is -3.61. The van der Waals surface area contributed by atoms with E-state index in [0.29, 0.717) is 12.5 Å². The number of nitrogens with two attached hydrogens (primary N) is 1. The van der Waals surface area contributed by atoms with E-state index in [2.05, 4.69) is 15.6 Å². The average molecular weight is 304 g/mol. The van der Waals surface area contributed by atoms with E-state index in [9.17, 15) is 8.42 Å². The van der Waals surface area contributed by atoms with Crippen molar-refractivity contribution in [2.45, 2.75) is 37.6 Å². The van der Waals surface area contributed by atoms with Crippen molar-refractivity contribution in [2.24, 2.45) is 10.1 Å². The van der Waals surface area contributed by atoms with Gasteiger partial charge in [-0.15, -0.1) is 11.3 Å². The molecule has 0 saturated carbocycles. The SMILES string of the molecule is CCNC(=NCc1ccc(S(N)(=O)=O)s1)NC(C)C. The van der Waals surface area contributed by atoms with Crippen molar-refractivity contribution in [1.82, 2.24) is 10.6 Å². The molecule has 6 nitrogen and oxygen atoms in total. The van der Waals surface area contributed by atoms with Crippen molar-refractivity contribution in [3.63, 3.8) is 0 Å². The van der Waals surface area contributed by atoms with E-state index in [1.807, 2.05) is 20.8 Å². The summed E-state index contributed by atoms with van der Waals surface area (Å²) in [4.78, 5) is 5.24. The molecule has 0 fully saturated rings. The normalized spacial score (nSPS) is 12.8. The molecule has 0 aromatic carbocycles. The number of rotatable bonds is 5. The van der Waals surface area contributed by atoms with Crippen LogP contribution >= 0.6 is 11.3 Å². The molecule has 1 rings (SSSR count). The monoisotopic (exact) mass is 304 g/mol. The summed E-state index contributed by atoms with van der Waals surface area (Å²) in [6.07, 6.45) is 0. The molecule has 0 radical (unpaired) electrons. The van der Waals surface area contributed by atoms with E-state index in [-0.39, 0.29) is 10.3 Å². The second-order valence-corrected chi connectivity index (χ2v) is 7.22. The Kier molecular flexibility index (Phi) is 5.77. The molecule has 0 unspecified atom stereocenters. The molecular formula is C11H20N4O2S2. The molecular weight excluding hydrogens is 284 g/mol. The summed E-state index contributed by atoms with van der Waals surface area (Å²) in [5.41, 5.74) is 0. The minimum atomic E-state index is -3.61.